The summed E-state index contributed by atoms with van der Waals surface area (Å²) in [6, 6.07) is -2.26. The number of nitrogens with one attached hydrogen (secondary N) is 2. The highest BCUT2D eigenvalue weighted by Gasteiger charge is 2.30. The molecule has 36 heavy (non-hydrogen) atoms. The molecule has 8 heteroatoms. The van der Waals surface area contributed by atoms with Crippen molar-refractivity contribution < 1.29 is 24.3 Å². The average Bonchev–Trinajstić information content (AvgIpc) is 2.83. The maximum absolute atomic E-state index is 12.6. The molecule has 0 aromatic rings. The molecule has 0 aromatic carbocycles. The van der Waals surface area contributed by atoms with Gasteiger partial charge in [-0.3, -0.25) is 14.4 Å². The van der Waals surface area contributed by atoms with Gasteiger partial charge >= 0.3 is 5.97 Å². The summed E-state index contributed by atoms with van der Waals surface area (Å²) in [6.07, 6.45) is 19.3. The molecule has 0 radical (unpaired) electrons. The van der Waals surface area contributed by atoms with Gasteiger partial charge in [-0.25, -0.2) is 4.79 Å². The maximum atomic E-state index is 12.6. The van der Waals surface area contributed by atoms with E-state index >= 15 is 0 Å². The Morgan fingerprint density at radius 2 is 1.17 bits per heavy atom. The van der Waals surface area contributed by atoms with Gasteiger partial charge in [-0.05, 0) is 12.3 Å². The van der Waals surface area contributed by atoms with Crippen LogP contribution in [0.5, 0.6) is 0 Å². The Bertz CT molecular complexity index is 626. The van der Waals surface area contributed by atoms with Gasteiger partial charge in [0.1, 0.15) is 12.1 Å². The zero-order valence-corrected chi connectivity index (χ0v) is 23.1. The zero-order valence-electron chi connectivity index (χ0n) is 23.1. The van der Waals surface area contributed by atoms with Crippen LogP contribution in [-0.4, -0.2) is 40.9 Å². The molecule has 210 valence electrons. The molecular weight excluding hydrogens is 458 g/mol. The summed E-state index contributed by atoms with van der Waals surface area (Å²) >= 11 is 0. The second-order valence-corrected chi connectivity index (χ2v) is 10.2. The summed E-state index contributed by atoms with van der Waals surface area (Å²) < 4.78 is 0. The fraction of sp³-hybridized carbons (Fsp3) is 0.857. The van der Waals surface area contributed by atoms with E-state index in [-0.39, 0.29) is 11.8 Å². The van der Waals surface area contributed by atoms with Gasteiger partial charge in [0, 0.05) is 6.42 Å². The summed E-state index contributed by atoms with van der Waals surface area (Å²) in [7, 11) is 0. The molecule has 0 fully saturated rings. The molecule has 0 saturated carbocycles. The van der Waals surface area contributed by atoms with Crippen molar-refractivity contribution in [2.45, 2.75) is 148 Å². The number of rotatable bonds is 24. The topological polar surface area (TPSA) is 139 Å². The normalized spacial score (nSPS) is 13.5. The van der Waals surface area contributed by atoms with E-state index in [4.69, 9.17) is 5.73 Å². The monoisotopic (exact) mass is 511 g/mol. The minimum absolute atomic E-state index is 0.182. The molecule has 0 aliphatic carbocycles. The summed E-state index contributed by atoms with van der Waals surface area (Å²) in [6.45, 7) is 5.97. The van der Waals surface area contributed by atoms with E-state index < -0.39 is 36.3 Å². The molecule has 0 aromatic heterocycles. The molecule has 0 saturated heterocycles. The van der Waals surface area contributed by atoms with E-state index in [1.165, 1.54) is 77.0 Å². The lowest BCUT2D eigenvalue weighted by atomic mass is 9.97. The van der Waals surface area contributed by atoms with Crippen LogP contribution >= 0.6 is 0 Å². The Morgan fingerprint density at radius 3 is 1.56 bits per heavy atom. The van der Waals surface area contributed by atoms with Gasteiger partial charge in [0.15, 0.2) is 0 Å². The van der Waals surface area contributed by atoms with E-state index in [0.29, 0.717) is 12.8 Å². The quantitative estimate of drug-likeness (QED) is 0.132. The SMILES string of the molecule is CCCCCCCCCCCCCCCCCC(=O)N[C@H](C(=O)N[C@@H](CC(N)=O)C(=O)O)[C@@H](C)CC. The molecule has 5 N–H and O–H groups in total. The van der Waals surface area contributed by atoms with Crippen molar-refractivity contribution in [3.05, 3.63) is 0 Å². The van der Waals surface area contributed by atoms with Crippen LogP contribution in [0.15, 0.2) is 0 Å². The average molecular weight is 512 g/mol. The van der Waals surface area contributed by atoms with Crippen LogP contribution < -0.4 is 16.4 Å². The van der Waals surface area contributed by atoms with Gasteiger partial charge in [0.05, 0.1) is 6.42 Å². The van der Waals surface area contributed by atoms with Crippen molar-refractivity contribution >= 4 is 23.7 Å². The largest absolute Gasteiger partial charge is 0.480 e. The Hall–Kier alpha value is -2.12. The van der Waals surface area contributed by atoms with E-state index in [1.54, 1.807) is 0 Å². The number of carboxylic acids is 1. The molecule has 0 unspecified atom stereocenters. The van der Waals surface area contributed by atoms with E-state index in [1.807, 2.05) is 13.8 Å². The molecule has 0 bridgehead atoms. The smallest absolute Gasteiger partial charge is 0.326 e. The van der Waals surface area contributed by atoms with Crippen molar-refractivity contribution in [2.24, 2.45) is 11.7 Å². The predicted octanol–water partition coefficient (Wildman–Crippen LogP) is 5.22. The summed E-state index contributed by atoms with van der Waals surface area (Å²) in [5, 5.41) is 14.3. The molecule has 0 aliphatic rings. The first kappa shape index (κ1) is 33.9. The van der Waals surface area contributed by atoms with Crippen LogP contribution in [0.2, 0.25) is 0 Å². The molecule has 3 atom stereocenters. The zero-order chi connectivity index (χ0) is 27.2. The van der Waals surface area contributed by atoms with Crippen LogP contribution in [0.1, 0.15) is 136 Å². The van der Waals surface area contributed by atoms with Gasteiger partial charge in [-0.2, -0.15) is 0 Å². The fourth-order valence-corrected chi connectivity index (χ4v) is 4.27. The van der Waals surface area contributed by atoms with Crippen LogP contribution in [0.3, 0.4) is 0 Å². The minimum Gasteiger partial charge on any atom is -0.480 e. The lowest BCUT2D eigenvalue weighted by Crippen LogP contribution is -2.54. The number of hydrogen-bond donors (Lipinski definition) is 4. The van der Waals surface area contributed by atoms with E-state index in [9.17, 15) is 24.3 Å². The third-order valence-electron chi connectivity index (χ3n) is 6.84. The number of amides is 3. The Kier molecular flexibility index (Phi) is 20.8. The third kappa shape index (κ3) is 18.2. The summed E-state index contributed by atoms with van der Waals surface area (Å²) in [5.41, 5.74) is 5.07. The lowest BCUT2D eigenvalue weighted by Gasteiger charge is -2.25. The van der Waals surface area contributed by atoms with Gasteiger partial charge in [0.25, 0.3) is 0 Å². The van der Waals surface area contributed by atoms with Crippen molar-refractivity contribution in [2.75, 3.05) is 0 Å². The molecule has 0 spiro atoms. The molecular formula is C28H53N3O5. The number of aliphatic carboxylic acids is 1. The van der Waals surface area contributed by atoms with Gasteiger partial charge in [-0.1, -0.05) is 117 Å². The van der Waals surface area contributed by atoms with Crippen LogP contribution in [-0.2, 0) is 19.2 Å². The van der Waals surface area contributed by atoms with Crippen molar-refractivity contribution in [3.8, 4) is 0 Å². The lowest BCUT2D eigenvalue weighted by molar-refractivity contribution is -0.144. The van der Waals surface area contributed by atoms with Crippen molar-refractivity contribution in [1.82, 2.24) is 10.6 Å². The highest BCUT2D eigenvalue weighted by atomic mass is 16.4. The standard InChI is InChI=1S/C28H53N3O5/c1-4-6-7-8-9-10-11-12-13-14-15-16-17-18-19-20-25(33)31-26(22(3)5-2)27(34)30-23(28(35)36)21-24(29)32/h22-23,26H,4-21H2,1-3H3,(H2,29,32)(H,30,34)(H,31,33)(H,35,36)/t22-,23-,26-/m0/s1. The number of carbonyl (C=O) groups is 4. The van der Waals surface area contributed by atoms with E-state index in [0.717, 1.165) is 19.3 Å². The summed E-state index contributed by atoms with van der Waals surface area (Å²) in [5.74, 6) is -3.16. The second kappa shape index (κ2) is 22.1. The van der Waals surface area contributed by atoms with Crippen LogP contribution in [0, 0.1) is 5.92 Å². The van der Waals surface area contributed by atoms with Crippen molar-refractivity contribution in [3.63, 3.8) is 0 Å². The molecule has 0 rings (SSSR count). The fourth-order valence-electron chi connectivity index (χ4n) is 4.27. The molecule has 3 amide bonds. The number of nitrogens with two attached hydrogens (primary N) is 1. The number of unbranched alkanes of at least 4 members (excludes halogenated alkanes) is 14. The van der Waals surface area contributed by atoms with Gasteiger partial charge in [0.2, 0.25) is 17.7 Å². The van der Waals surface area contributed by atoms with Crippen molar-refractivity contribution in [1.29, 1.82) is 0 Å². The highest BCUT2D eigenvalue weighted by Crippen LogP contribution is 2.14. The maximum Gasteiger partial charge on any atom is 0.326 e. The number of carboxylic acid groups (broad SMARTS) is 1. The Morgan fingerprint density at radius 1 is 0.722 bits per heavy atom. The molecule has 0 heterocycles. The summed E-state index contributed by atoms with van der Waals surface area (Å²) in [4.78, 5) is 47.5. The first-order chi connectivity index (χ1) is 17.2. The highest BCUT2D eigenvalue weighted by molar-refractivity contribution is 5.92. The van der Waals surface area contributed by atoms with Gasteiger partial charge < -0.3 is 21.5 Å². The Labute approximate surface area is 218 Å². The number of hydrogen-bond acceptors (Lipinski definition) is 4. The number of carbonyl (C=O) groups excluding carboxylic acids is 3. The van der Waals surface area contributed by atoms with Crippen LogP contribution in [0.4, 0.5) is 0 Å². The first-order valence-electron chi connectivity index (χ1n) is 14.3. The molecule has 0 aliphatic heterocycles. The Balaban J connectivity index is 4.05. The number of primary amides is 1. The van der Waals surface area contributed by atoms with Crippen LogP contribution in [0.25, 0.3) is 0 Å². The first-order valence-corrected chi connectivity index (χ1v) is 14.3. The third-order valence-corrected chi connectivity index (χ3v) is 6.84. The van der Waals surface area contributed by atoms with Gasteiger partial charge in [-0.15, -0.1) is 0 Å². The second-order valence-electron chi connectivity index (χ2n) is 10.2. The van der Waals surface area contributed by atoms with E-state index in [2.05, 4.69) is 17.6 Å². The minimum atomic E-state index is -1.41. The molecule has 8 nitrogen and oxygen atoms in total. The predicted molar refractivity (Wildman–Crippen MR) is 144 cm³/mol.